The zero-order chi connectivity index (χ0) is 24.5. The molecule has 8 nitrogen and oxygen atoms in total. The number of ketones is 2. The van der Waals surface area contributed by atoms with E-state index in [0.717, 1.165) is 44.8 Å². The van der Waals surface area contributed by atoms with Crippen molar-refractivity contribution < 1.29 is 29.0 Å². The maximum atomic E-state index is 12.8. The van der Waals surface area contributed by atoms with Crippen LogP contribution in [-0.2, 0) is 30.3 Å². The number of ether oxygens (including phenoxy) is 2. The Hall–Kier alpha value is -2.29. The molecule has 0 aromatic heterocycles. The van der Waals surface area contributed by atoms with Crippen molar-refractivity contribution in [3.8, 4) is 5.75 Å². The number of Topliss-reactive ketones (excluding diaryl/α,β-unsaturated/α-hetero) is 2. The van der Waals surface area contributed by atoms with Gasteiger partial charge in [-0.2, -0.15) is 0 Å². The number of nitrogens with one attached hydrogen (secondary N) is 1. The summed E-state index contributed by atoms with van der Waals surface area (Å²) < 4.78 is 10.7. The summed E-state index contributed by atoms with van der Waals surface area (Å²) in [5.41, 5.74) is 1.04. The Morgan fingerprint density at radius 1 is 1.06 bits per heavy atom. The van der Waals surface area contributed by atoms with Crippen molar-refractivity contribution in [1.29, 1.82) is 0 Å². The highest BCUT2D eigenvalue weighted by molar-refractivity contribution is 5.98. The average molecular weight is 475 g/mol. The molecule has 2 heterocycles. The van der Waals surface area contributed by atoms with Gasteiger partial charge in [-0.3, -0.25) is 19.3 Å². The van der Waals surface area contributed by atoms with Gasteiger partial charge in [0.25, 0.3) is 5.91 Å². The molecule has 3 atom stereocenters. The third kappa shape index (κ3) is 8.49. The van der Waals surface area contributed by atoms with Gasteiger partial charge >= 0.3 is 0 Å². The van der Waals surface area contributed by atoms with Gasteiger partial charge in [-0.15, -0.1) is 0 Å². The van der Waals surface area contributed by atoms with Crippen molar-refractivity contribution in [2.45, 2.75) is 70.6 Å². The van der Waals surface area contributed by atoms with Crippen LogP contribution in [0.1, 0.15) is 51.5 Å². The molecular formula is C26H38N2O6. The fourth-order valence-corrected chi connectivity index (χ4v) is 4.30. The first-order valence-corrected chi connectivity index (χ1v) is 12.4. The van der Waals surface area contributed by atoms with E-state index in [2.05, 4.69) is 10.2 Å². The number of phenolic OH excluding ortho intramolecular Hbond substituents is 1. The number of hydrogen-bond acceptors (Lipinski definition) is 7. The lowest BCUT2D eigenvalue weighted by molar-refractivity contribution is -0.129. The van der Waals surface area contributed by atoms with Crippen molar-refractivity contribution in [3.63, 3.8) is 0 Å². The number of nitrogens with zero attached hydrogens (tertiary/aromatic N) is 1. The molecular weight excluding hydrogens is 436 g/mol. The summed E-state index contributed by atoms with van der Waals surface area (Å²) in [4.78, 5) is 40.2. The third-order valence-corrected chi connectivity index (χ3v) is 6.31. The number of morpholine rings is 1. The molecule has 0 saturated carbocycles. The van der Waals surface area contributed by atoms with Crippen molar-refractivity contribution in [2.24, 2.45) is 5.92 Å². The summed E-state index contributed by atoms with van der Waals surface area (Å²) in [7, 11) is 0. The summed E-state index contributed by atoms with van der Waals surface area (Å²) in [6.07, 6.45) is 1.92. The Balaban J connectivity index is 1.39. The third-order valence-electron chi connectivity index (χ3n) is 6.31. The lowest BCUT2D eigenvalue weighted by Crippen LogP contribution is -2.44. The summed E-state index contributed by atoms with van der Waals surface area (Å²) in [5, 5.41) is 12.2. The Bertz CT molecular complexity index is 819. The predicted molar refractivity (Wildman–Crippen MR) is 128 cm³/mol. The first kappa shape index (κ1) is 26.3. The number of aryl methyl sites for hydroxylation is 1. The molecule has 0 bridgehead atoms. The van der Waals surface area contributed by atoms with Crippen LogP contribution in [-0.4, -0.2) is 78.6 Å². The highest BCUT2D eigenvalue weighted by Crippen LogP contribution is 2.26. The number of hydrogen-bond donors (Lipinski definition) is 2. The standard InChI is InChI=1S/C26H38N2O6/c1-18(2)17-21(22(30)7-4-12-28-13-15-33-16-14-28)27-26(32)25-24(34-25)23(31)6-3-5-19-8-10-20(29)11-9-19/h8-11,18,21,24-25,29H,3-7,12-17H2,1-2H3,(H,27,32)/t21-,24+,25?/m0/s1. The number of carbonyl (C=O) groups excluding carboxylic acids is 3. The van der Waals surface area contributed by atoms with Crippen LogP contribution in [0.5, 0.6) is 5.75 Å². The largest absolute Gasteiger partial charge is 0.508 e. The quantitative estimate of drug-likeness (QED) is 0.398. The zero-order valence-corrected chi connectivity index (χ0v) is 20.3. The van der Waals surface area contributed by atoms with Gasteiger partial charge < -0.3 is 19.9 Å². The fraction of sp³-hybridized carbons (Fsp3) is 0.654. The van der Waals surface area contributed by atoms with Gasteiger partial charge in [-0.1, -0.05) is 26.0 Å². The van der Waals surface area contributed by atoms with E-state index in [1.807, 2.05) is 26.0 Å². The molecule has 2 N–H and O–H groups in total. The molecule has 1 aromatic carbocycles. The van der Waals surface area contributed by atoms with Crippen molar-refractivity contribution in [1.82, 2.24) is 10.2 Å². The normalized spacial score (nSPS) is 21.3. The summed E-state index contributed by atoms with van der Waals surface area (Å²) in [6.45, 7) is 8.15. The topological polar surface area (TPSA) is 108 Å². The number of aromatic hydroxyl groups is 1. The number of amides is 1. The Morgan fingerprint density at radius 2 is 1.76 bits per heavy atom. The number of benzene rings is 1. The summed E-state index contributed by atoms with van der Waals surface area (Å²) in [6, 6.07) is 6.36. The molecule has 0 aliphatic carbocycles. The number of rotatable bonds is 14. The van der Waals surface area contributed by atoms with E-state index >= 15 is 0 Å². The first-order valence-electron chi connectivity index (χ1n) is 12.4. The minimum atomic E-state index is -0.794. The van der Waals surface area contributed by atoms with Crippen LogP contribution < -0.4 is 5.32 Å². The molecule has 2 aliphatic heterocycles. The predicted octanol–water partition coefficient (Wildman–Crippen LogP) is 2.26. The number of phenols is 1. The lowest BCUT2D eigenvalue weighted by Gasteiger charge is -2.26. The second-order valence-electron chi connectivity index (χ2n) is 9.68. The Labute approximate surface area is 202 Å². The van der Waals surface area contributed by atoms with E-state index in [-0.39, 0.29) is 29.1 Å². The molecule has 1 aromatic rings. The highest BCUT2D eigenvalue weighted by Gasteiger charge is 2.50. The van der Waals surface area contributed by atoms with E-state index in [0.29, 0.717) is 32.1 Å². The van der Waals surface area contributed by atoms with Crippen LogP contribution in [0.15, 0.2) is 24.3 Å². The Morgan fingerprint density at radius 3 is 2.44 bits per heavy atom. The monoisotopic (exact) mass is 474 g/mol. The fourth-order valence-electron chi connectivity index (χ4n) is 4.30. The molecule has 0 radical (unpaired) electrons. The van der Waals surface area contributed by atoms with Gasteiger partial charge in [0.2, 0.25) is 0 Å². The van der Waals surface area contributed by atoms with Gasteiger partial charge in [0, 0.05) is 25.9 Å². The maximum absolute atomic E-state index is 12.8. The molecule has 2 fully saturated rings. The van der Waals surface area contributed by atoms with Crippen LogP contribution in [0.2, 0.25) is 0 Å². The second-order valence-corrected chi connectivity index (χ2v) is 9.68. The van der Waals surface area contributed by atoms with Gasteiger partial charge in [0.15, 0.2) is 23.8 Å². The van der Waals surface area contributed by atoms with Crippen LogP contribution >= 0.6 is 0 Å². The molecule has 0 spiro atoms. The summed E-state index contributed by atoms with van der Waals surface area (Å²) in [5.74, 6) is 0.0466. The van der Waals surface area contributed by atoms with E-state index in [4.69, 9.17) is 9.47 Å². The molecule has 1 unspecified atom stereocenters. The zero-order valence-electron chi connectivity index (χ0n) is 20.3. The van der Waals surface area contributed by atoms with E-state index in [1.54, 1.807) is 12.1 Å². The molecule has 188 valence electrons. The van der Waals surface area contributed by atoms with Gasteiger partial charge in [0.1, 0.15) is 5.75 Å². The van der Waals surface area contributed by atoms with Crippen LogP contribution in [0.4, 0.5) is 0 Å². The lowest BCUT2D eigenvalue weighted by atomic mass is 9.97. The smallest absolute Gasteiger partial charge is 0.252 e. The van der Waals surface area contributed by atoms with Crippen molar-refractivity contribution in [2.75, 3.05) is 32.8 Å². The highest BCUT2D eigenvalue weighted by atomic mass is 16.6. The molecule has 2 aliphatic rings. The average Bonchev–Trinajstić information content (AvgIpc) is 3.61. The van der Waals surface area contributed by atoms with Crippen molar-refractivity contribution >= 4 is 17.5 Å². The van der Waals surface area contributed by atoms with E-state index in [1.165, 1.54) is 0 Å². The molecule has 8 heteroatoms. The molecule has 3 rings (SSSR count). The van der Waals surface area contributed by atoms with Crippen LogP contribution in [0.25, 0.3) is 0 Å². The maximum Gasteiger partial charge on any atom is 0.252 e. The number of carbonyl (C=O) groups is 3. The van der Waals surface area contributed by atoms with E-state index in [9.17, 15) is 19.5 Å². The van der Waals surface area contributed by atoms with Gasteiger partial charge in [0.05, 0.1) is 19.3 Å². The van der Waals surface area contributed by atoms with Crippen LogP contribution in [0.3, 0.4) is 0 Å². The minimum Gasteiger partial charge on any atom is -0.508 e. The first-order chi connectivity index (χ1) is 16.3. The van der Waals surface area contributed by atoms with E-state index < -0.39 is 18.2 Å². The molecule has 2 saturated heterocycles. The Kier molecular flexibility index (Phi) is 10.0. The van der Waals surface area contributed by atoms with Gasteiger partial charge in [-0.05, 0) is 55.8 Å². The van der Waals surface area contributed by atoms with Gasteiger partial charge in [-0.25, -0.2) is 0 Å². The SMILES string of the molecule is CC(C)C[C@H](NC(=O)C1O[C@@H]1C(=O)CCCc1ccc(O)cc1)C(=O)CCCN1CCOCC1. The molecule has 34 heavy (non-hydrogen) atoms. The molecule has 1 amide bonds. The number of epoxide rings is 1. The minimum absolute atomic E-state index is 0.0349. The van der Waals surface area contributed by atoms with Crippen molar-refractivity contribution in [3.05, 3.63) is 29.8 Å². The summed E-state index contributed by atoms with van der Waals surface area (Å²) >= 11 is 0. The second kappa shape index (κ2) is 13.0. The van der Waals surface area contributed by atoms with Crippen LogP contribution in [0, 0.1) is 5.92 Å².